The summed E-state index contributed by atoms with van der Waals surface area (Å²) in [6, 6.07) is 0. The highest BCUT2D eigenvalue weighted by Crippen LogP contribution is 2.16. The zero-order valence-corrected chi connectivity index (χ0v) is 50.4. The highest BCUT2D eigenvalue weighted by Gasteiger charge is 2.19. The molecule has 0 saturated carbocycles. The van der Waals surface area contributed by atoms with Crippen molar-refractivity contribution in [1.29, 1.82) is 0 Å². The molecule has 0 aliphatic carbocycles. The molecule has 0 aromatic carbocycles. The van der Waals surface area contributed by atoms with Gasteiger partial charge in [0.2, 0.25) is 0 Å². The second-order valence-corrected chi connectivity index (χ2v) is 21.3. The van der Waals surface area contributed by atoms with Crippen LogP contribution < -0.4 is 0 Å². The van der Waals surface area contributed by atoms with Crippen LogP contribution in [0.1, 0.15) is 303 Å². The van der Waals surface area contributed by atoms with E-state index in [0.29, 0.717) is 19.3 Å². The van der Waals surface area contributed by atoms with E-state index in [1.807, 2.05) is 0 Å². The van der Waals surface area contributed by atoms with Crippen LogP contribution in [0.5, 0.6) is 0 Å². The minimum Gasteiger partial charge on any atom is -0.462 e. The summed E-state index contributed by atoms with van der Waals surface area (Å²) < 4.78 is 16.9. The van der Waals surface area contributed by atoms with Crippen molar-refractivity contribution < 1.29 is 28.6 Å². The second kappa shape index (κ2) is 64.6. The van der Waals surface area contributed by atoms with E-state index in [1.165, 1.54) is 128 Å². The fourth-order valence-electron chi connectivity index (χ4n) is 8.92. The zero-order valence-electron chi connectivity index (χ0n) is 50.4. The van der Waals surface area contributed by atoms with E-state index in [9.17, 15) is 14.4 Å². The molecule has 77 heavy (non-hydrogen) atoms. The first-order chi connectivity index (χ1) is 38.0. The van der Waals surface area contributed by atoms with Gasteiger partial charge in [-0.2, -0.15) is 0 Å². The van der Waals surface area contributed by atoms with Gasteiger partial charge >= 0.3 is 17.9 Å². The average Bonchev–Trinajstić information content (AvgIpc) is 3.43. The molecule has 0 N–H and O–H groups in total. The lowest BCUT2D eigenvalue weighted by Gasteiger charge is -2.18. The molecule has 6 heteroatoms. The van der Waals surface area contributed by atoms with Crippen LogP contribution in [-0.4, -0.2) is 37.2 Å². The average molecular weight is 1070 g/mol. The molecule has 0 rings (SSSR count). The Morgan fingerprint density at radius 2 is 0.506 bits per heavy atom. The minimum atomic E-state index is -0.788. The van der Waals surface area contributed by atoms with E-state index in [0.717, 1.165) is 135 Å². The van der Waals surface area contributed by atoms with Gasteiger partial charge in [-0.3, -0.25) is 14.4 Å². The number of carbonyl (C=O) groups is 3. The van der Waals surface area contributed by atoms with Gasteiger partial charge in [-0.25, -0.2) is 0 Å². The van der Waals surface area contributed by atoms with Crippen LogP contribution >= 0.6 is 0 Å². The molecule has 0 aliphatic rings. The lowest BCUT2D eigenvalue weighted by atomic mass is 10.0. The number of hydrogen-bond acceptors (Lipinski definition) is 6. The van der Waals surface area contributed by atoms with Gasteiger partial charge in [-0.15, -0.1) is 0 Å². The van der Waals surface area contributed by atoms with Crippen molar-refractivity contribution >= 4 is 17.9 Å². The summed E-state index contributed by atoms with van der Waals surface area (Å²) in [6.45, 7) is 6.51. The van der Waals surface area contributed by atoms with Crippen LogP contribution in [0, 0.1) is 0 Å². The summed E-state index contributed by atoms with van der Waals surface area (Å²) in [5.41, 5.74) is 0. The van der Waals surface area contributed by atoms with E-state index in [-0.39, 0.29) is 31.1 Å². The summed E-state index contributed by atoms with van der Waals surface area (Å²) in [4.78, 5) is 38.3. The molecule has 0 amide bonds. The summed E-state index contributed by atoms with van der Waals surface area (Å²) in [5, 5.41) is 0. The van der Waals surface area contributed by atoms with Gasteiger partial charge in [0.15, 0.2) is 6.10 Å². The molecule has 0 spiro atoms. The van der Waals surface area contributed by atoms with E-state index in [2.05, 4.69) is 130 Å². The fraction of sp³-hybridized carbons (Fsp3) is 0.704. The molecule has 1 unspecified atom stereocenters. The topological polar surface area (TPSA) is 78.9 Å². The van der Waals surface area contributed by atoms with Gasteiger partial charge in [0.05, 0.1) is 0 Å². The third-order valence-corrected chi connectivity index (χ3v) is 13.8. The first-order valence-electron chi connectivity index (χ1n) is 32.4. The molecular weight excluding hydrogens is 949 g/mol. The molecular formula is C71H120O6. The Morgan fingerprint density at radius 1 is 0.273 bits per heavy atom. The lowest BCUT2D eigenvalue weighted by Crippen LogP contribution is -2.30. The molecule has 0 aliphatic heterocycles. The number of esters is 3. The van der Waals surface area contributed by atoms with E-state index >= 15 is 0 Å². The summed E-state index contributed by atoms with van der Waals surface area (Å²) in [7, 11) is 0. The Bertz CT molecular complexity index is 1560. The number of unbranched alkanes of at least 4 members (excludes halogenated alkanes) is 29. The third kappa shape index (κ3) is 62.8. The Kier molecular flexibility index (Phi) is 61.3. The monoisotopic (exact) mass is 1070 g/mol. The largest absolute Gasteiger partial charge is 0.462 e. The van der Waals surface area contributed by atoms with Crippen molar-refractivity contribution in [3.05, 3.63) is 109 Å². The molecule has 6 nitrogen and oxygen atoms in total. The Balaban J connectivity index is 4.27. The first kappa shape index (κ1) is 73.1. The van der Waals surface area contributed by atoms with Crippen molar-refractivity contribution in [3.63, 3.8) is 0 Å². The lowest BCUT2D eigenvalue weighted by molar-refractivity contribution is -0.167. The molecule has 0 aromatic rings. The summed E-state index contributed by atoms with van der Waals surface area (Å²) >= 11 is 0. The number of allylic oxidation sites excluding steroid dienone is 18. The van der Waals surface area contributed by atoms with Crippen LogP contribution in [0.15, 0.2) is 109 Å². The van der Waals surface area contributed by atoms with Gasteiger partial charge in [-0.05, 0) is 109 Å². The summed E-state index contributed by atoms with van der Waals surface area (Å²) in [6.07, 6.45) is 88.1. The molecule has 0 heterocycles. The van der Waals surface area contributed by atoms with E-state index in [4.69, 9.17) is 14.2 Å². The van der Waals surface area contributed by atoms with Crippen LogP contribution in [0.2, 0.25) is 0 Å². The number of carbonyl (C=O) groups excluding carboxylic acids is 3. The Hall–Kier alpha value is -3.93. The molecule has 1 atom stereocenters. The number of rotatable bonds is 58. The van der Waals surface area contributed by atoms with E-state index < -0.39 is 6.10 Å². The number of hydrogen-bond donors (Lipinski definition) is 0. The molecule has 0 radical (unpaired) electrons. The van der Waals surface area contributed by atoms with Crippen molar-refractivity contribution in [2.24, 2.45) is 0 Å². The van der Waals surface area contributed by atoms with Crippen molar-refractivity contribution in [2.75, 3.05) is 13.2 Å². The Morgan fingerprint density at radius 3 is 0.805 bits per heavy atom. The van der Waals surface area contributed by atoms with Crippen LogP contribution in [0.3, 0.4) is 0 Å². The van der Waals surface area contributed by atoms with Crippen LogP contribution in [0.25, 0.3) is 0 Å². The second-order valence-electron chi connectivity index (χ2n) is 21.3. The third-order valence-electron chi connectivity index (χ3n) is 13.8. The van der Waals surface area contributed by atoms with Gasteiger partial charge in [0, 0.05) is 19.3 Å². The highest BCUT2D eigenvalue weighted by atomic mass is 16.6. The summed E-state index contributed by atoms with van der Waals surface area (Å²) in [5.74, 6) is -0.896. The predicted molar refractivity (Wildman–Crippen MR) is 334 cm³/mol. The maximum atomic E-state index is 12.9. The standard InChI is InChI=1S/C71H120O6/c1-4-7-10-13-16-19-22-25-27-29-30-31-32-33-34-35-36-37-38-39-40-41-42-43-45-46-49-52-55-58-61-64-70(73)76-67-68(66-75-69(72)63-60-57-54-51-48-24-21-18-15-12-9-6-3)77-71(74)65-62-59-56-53-50-47-44-28-26-23-20-17-14-11-8-5-2/h7,10,16,19-20,23,25,27-28,30-31,33-34,36-37,39-40,44,68H,4-6,8-9,11-15,17-18,21-22,24,26,29,32,35,38,41-43,45-67H2,1-3H3/b10-7-,19-16-,23-20-,27-25-,31-30-,34-33-,37-36-,40-39-,44-28-. The Labute approximate surface area is 476 Å². The predicted octanol–water partition coefficient (Wildman–Crippen LogP) is 22.2. The maximum absolute atomic E-state index is 12.9. The van der Waals surface area contributed by atoms with Crippen molar-refractivity contribution in [2.45, 2.75) is 309 Å². The molecule has 440 valence electrons. The smallest absolute Gasteiger partial charge is 0.306 e. The van der Waals surface area contributed by atoms with Crippen molar-refractivity contribution in [3.8, 4) is 0 Å². The van der Waals surface area contributed by atoms with Gasteiger partial charge in [0.1, 0.15) is 13.2 Å². The quantitative estimate of drug-likeness (QED) is 0.0261. The number of ether oxygens (including phenoxy) is 3. The van der Waals surface area contributed by atoms with E-state index in [1.54, 1.807) is 0 Å². The maximum Gasteiger partial charge on any atom is 0.306 e. The minimum absolute atomic E-state index is 0.0832. The van der Waals surface area contributed by atoms with Gasteiger partial charge in [-0.1, -0.05) is 284 Å². The zero-order chi connectivity index (χ0) is 55.7. The molecule has 0 bridgehead atoms. The fourth-order valence-corrected chi connectivity index (χ4v) is 8.92. The van der Waals surface area contributed by atoms with Gasteiger partial charge < -0.3 is 14.2 Å². The van der Waals surface area contributed by atoms with Gasteiger partial charge in [0.25, 0.3) is 0 Å². The van der Waals surface area contributed by atoms with Crippen molar-refractivity contribution in [1.82, 2.24) is 0 Å². The molecule has 0 fully saturated rings. The molecule has 0 saturated heterocycles. The van der Waals surface area contributed by atoms with Crippen LogP contribution in [-0.2, 0) is 28.6 Å². The SMILES string of the molecule is CC/C=C\C/C=C\C/C=C\C/C=C\C/C=C\C/C=C\C/C=C\CCCCCCCCCCCC(=O)OCC(COC(=O)CCCCCCCCCCCCCC)OC(=O)CCCCCCC/C=C\C/C=C\CCCCCC. The molecule has 0 aromatic heterocycles. The first-order valence-corrected chi connectivity index (χ1v) is 32.4. The normalized spacial score (nSPS) is 12.8. The van der Waals surface area contributed by atoms with Crippen LogP contribution in [0.4, 0.5) is 0 Å². The highest BCUT2D eigenvalue weighted by molar-refractivity contribution is 5.71.